The van der Waals surface area contributed by atoms with E-state index in [9.17, 15) is 52.7 Å². The molecule has 0 bridgehead atoms. The Morgan fingerprint density at radius 3 is 1.40 bits per heavy atom. The number of ether oxygens (including phenoxy) is 3. The van der Waals surface area contributed by atoms with Gasteiger partial charge in [-0.2, -0.15) is 52.7 Å². The molecule has 3 nitrogen and oxygen atoms in total. The van der Waals surface area contributed by atoms with E-state index in [-0.39, 0.29) is 25.7 Å². The molecular weight excluding hydrogens is 516 g/mol. The van der Waals surface area contributed by atoms with E-state index in [1.807, 2.05) is 0 Å². The zero-order valence-electron chi connectivity index (χ0n) is 18.7. The number of methoxy groups -OCH3 is 1. The molecule has 0 aliphatic heterocycles. The van der Waals surface area contributed by atoms with Crippen LogP contribution in [0.1, 0.15) is 49.8 Å². The van der Waals surface area contributed by atoms with Gasteiger partial charge in [0.25, 0.3) is 11.2 Å². The number of alkyl halides is 12. The standard InChI is InChI=1S/C20H22F12O3/c1-5-11(3)12-7-13(15(33-4,17(21,22)23)18(24,25)26)9-14(8-12)16(19(27,28)29,20(30,31)32)35-10-34-6-2/h7-9,11H,5-6,10H2,1-4H3. The molecule has 0 saturated heterocycles. The Labute approximate surface area is 192 Å². The molecule has 1 atom stereocenters. The highest BCUT2D eigenvalue weighted by molar-refractivity contribution is 5.42. The lowest BCUT2D eigenvalue weighted by molar-refractivity contribution is -0.401. The maximum Gasteiger partial charge on any atom is 0.430 e. The van der Waals surface area contributed by atoms with Crippen LogP contribution in [0.3, 0.4) is 0 Å². The quantitative estimate of drug-likeness (QED) is 0.185. The number of benzene rings is 1. The van der Waals surface area contributed by atoms with Crippen LogP contribution < -0.4 is 0 Å². The van der Waals surface area contributed by atoms with Crippen LogP contribution >= 0.6 is 0 Å². The van der Waals surface area contributed by atoms with Crippen molar-refractivity contribution >= 4 is 0 Å². The van der Waals surface area contributed by atoms with Gasteiger partial charge in [0.05, 0.1) is 0 Å². The molecule has 1 aromatic rings. The van der Waals surface area contributed by atoms with E-state index in [4.69, 9.17) is 0 Å². The number of hydrogen-bond acceptors (Lipinski definition) is 3. The van der Waals surface area contributed by atoms with Crippen LogP contribution in [0.4, 0.5) is 52.7 Å². The van der Waals surface area contributed by atoms with Crippen LogP contribution in [-0.2, 0) is 25.4 Å². The first-order valence-corrected chi connectivity index (χ1v) is 9.87. The maximum atomic E-state index is 14.0. The minimum atomic E-state index is -6.38. The van der Waals surface area contributed by atoms with Gasteiger partial charge in [0.15, 0.2) is 0 Å². The van der Waals surface area contributed by atoms with Crippen molar-refractivity contribution in [1.82, 2.24) is 0 Å². The predicted molar refractivity (Wildman–Crippen MR) is 97.3 cm³/mol. The van der Waals surface area contributed by atoms with E-state index in [0.29, 0.717) is 0 Å². The Balaban J connectivity index is 4.28. The maximum absolute atomic E-state index is 14.0. The van der Waals surface area contributed by atoms with Crippen molar-refractivity contribution in [3.8, 4) is 0 Å². The van der Waals surface area contributed by atoms with E-state index in [1.165, 1.54) is 20.8 Å². The second kappa shape index (κ2) is 10.3. The highest BCUT2D eigenvalue weighted by atomic mass is 19.4. The minimum absolute atomic E-state index is 0.0110. The van der Waals surface area contributed by atoms with Gasteiger partial charge in [0.2, 0.25) is 0 Å². The lowest BCUT2D eigenvalue weighted by atomic mass is 9.81. The van der Waals surface area contributed by atoms with Gasteiger partial charge in [-0.15, -0.1) is 0 Å². The summed E-state index contributed by atoms with van der Waals surface area (Å²) in [4.78, 5) is 0. The third-order valence-corrected chi connectivity index (χ3v) is 5.42. The molecule has 1 aromatic carbocycles. The number of rotatable bonds is 9. The van der Waals surface area contributed by atoms with Crippen molar-refractivity contribution in [2.45, 2.75) is 69.0 Å². The molecule has 35 heavy (non-hydrogen) atoms. The lowest BCUT2D eigenvalue weighted by Crippen LogP contribution is -2.57. The molecule has 0 amide bonds. The molecule has 0 aromatic heterocycles. The summed E-state index contributed by atoms with van der Waals surface area (Å²) in [5.74, 6) is -1.05. The Morgan fingerprint density at radius 2 is 1.09 bits per heavy atom. The molecule has 204 valence electrons. The van der Waals surface area contributed by atoms with Gasteiger partial charge in [-0.25, -0.2) is 0 Å². The second-order valence-electron chi connectivity index (χ2n) is 7.47. The lowest BCUT2D eigenvalue weighted by Gasteiger charge is -2.40. The monoisotopic (exact) mass is 538 g/mol. The van der Waals surface area contributed by atoms with E-state index in [2.05, 4.69) is 14.2 Å². The van der Waals surface area contributed by atoms with Crippen LogP contribution in [-0.4, -0.2) is 45.2 Å². The van der Waals surface area contributed by atoms with Crippen molar-refractivity contribution in [3.05, 3.63) is 34.9 Å². The predicted octanol–water partition coefficient (Wildman–Crippen LogP) is 7.50. The third kappa shape index (κ3) is 5.50. The molecule has 0 saturated carbocycles. The molecular formula is C20H22F12O3. The van der Waals surface area contributed by atoms with Gasteiger partial charge in [0, 0.05) is 24.8 Å². The van der Waals surface area contributed by atoms with Crippen molar-refractivity contribution in [3.63, 3.8) is 0 Å². The van der Waals surface area contributed by atoms with Crippen LogP contribution in [0, 0.1) is 0 Å². The summed E-state index contributed by atoms with van der Waals surface area (Å²) in [5, 5.41) is 0. The van der Waals surface area contributed by atoms with Crippen LogP contribution in [0.5, 0.6) is 0 Å². The van der Waals surface area contributed by atoms with Crippen LogP contribution in [0.15, 0.2) is 18.2 Å². The van der Waals surface area contributed by atoms with Crippen molar-refractivity contribution in [2.24, 2.45) is 0 Å². The van der Waals surface area contributed by atoms with Crippen molar-refractivity contribution in [1.29, 1.82) is 0 Å². The van der Waals surface area contributed by atoms with Crippen molar-refractivity contribution < 1.29 is 66.9 Å². The topological polar surface area (TPSA) is 27.7 Å². The highest BCUT2D eigenvalue weighted by Gasteiger charge is 2.76. The molecule has 0 heterocycles. The summed E-state index contributed by atoms with van der Waals surface area (Å²) >= 11 is 0. The summed E-state index contributed by atoms with van der Waals surface area (Å²) in [5.41, 5.74) is -15.3. The van der Waals surface area contributed by atoms with Crippen LogP contribution in [0.25, 0.3) is 0 Å². The molecule has 0 spiro atoms. The zero-order chi connectivity index (χ0) is 27.7. The van der Waals surface area contributed by atoms with Gasteiger partial charge in [-0.1, -0.05) is 26.0 Å². The van der Waals surface area contributed by atoms with Gasteiger partial charge in [-0.05, 0) is 30.9 Å². The summed E-state index contributed by atoms with van der Waals surface area (Å²) in [6, 6.07) is -0.0523. The van der Waals surface area contributed by atoms with E-state index >= 15 is 0 Å². The first kappa shape index (κ1) is 31.3. The first-order chi connectivity index (χ1) is 15.7. The average Bonchev–Trinajstić information content (AvgIpc) is 2.67. The SMILES string of the molecule is CCOCOC(c1cc(C(C)CC)cc(C(OC)(C(F)(F)F)C(F)(F)F)c1)(C(F)(F)F)C(F)(F)F. The summed E-state index contributed by atoms with van der Waals surface area (Å²) in [7, 11) is -0.0110. The molecule has 15 heteroatoms. The van der Waals surface area contributed by atoms with Gasteiger partial charge < -0.3 is 14.2 Å². The summed E-state index contributed by atoms with van der Waals surface area (Å²) in [6.07, 6.45) is -25.4. The van der Waals surface area contributed by atoms with Crippen LogP contribution in [0.2, 0.25) is 0 Å². The number of halogens is 12. The summed E-state index contributed by atoms with van der Waals surface area (Å²) in [6.45, 7) is 1.75. The fourth-order valence-electron chi connectivity index (χ4n) is 3.36. The van der Waals surface area contributed by atoms with Crippen molar-refractivity contribution in [2.75, 3.05) is 20.5 Å². The highest BCUT2D eigenvalue weighted by Crippen LogP contribution is 2.57. The van der Waals surface area contributed by atoms with E-state index < -0.39 is 78.0 Å². The molecule has 0 N–H and O–H groups in total. The number of hydrogen-bond donors (Lipinski definition) is 0. The Kier molecular flexibility index (Phi) is 9.23. The smallest absolute Gasteiger partial charge is 0.357 e. The van der Waals surface area contributed by atoms with Gasteiger partial charge in [-0.3, -0.25) is 0 Å². The molecule has 1 rings (SSSR count). The normalized spacial score (nSPS) is 15.4. The Bertz CT molecular complexity index is 812. The molecule has 0 fully saturated rings. The Hall–Kier alpha value is -1.74. The average molecular weight is 538 g/mol. The third-order valence-electron chi connectivity index (χ3n) is 5.42. The fraction of sp³-hybridized carbons (Fsp3) is 0.700. The molecule has 0 aliphatic rings. The zero-order valence-corrected chi connectivity index (χ0v) is 18.7. The van der Waals surface area contributed by atoms with Gasteiger partial charge >= 0.3 is 24.7 Å². The first-order valence-electron chi connectivity index (χ1n) is 9.87. The molecule has 0 aliphatic carbocycles. The van der Waals surface area contributed by atoms with Gasteiger partial charge in [0.1, 0.15) is 6.79 Å². The summed E-state index contributed by atoms with van der Waals surface area (Å²) < 4.78 is 179. The van der Waals surface area contributed by atoms with E-state index in [1.54, 1.807) is 0 Å². The largest absolute Gasteiger partial charge is 0.430 e. The fourth-order valence-corrected chi connectivity index (χ4v) is 3.36. The molecule has 0 radical (unpaired) electrons. The second-order valence-corrected chi connectivity index (χ2v) is 7.47. The minimum Gasteiger partial charge on any atom is -0.357 e. The molecule has 1 unspecified atom stereocenters. The Morgan fingerprint density at radius 1 is 0.686 bits per heavy atom. The van der Waals surface area contributed by atoms with E-state index in [0.717, 1.165) is 0 Å².